The van der Waals surface area contributed by atoms with Crippen LogP contribution in [0.5, 0.6) is 0 Å². The smallest absolute Gasteiger partial charge is 0.152 e. The number of fused-ring (bicyclic) bond motifs is 1. The van der Waals surface area contributed by atoms with Crippen molar-refractivity contribution in [1.29, 1.82) is 10.5 Å². The van der Waals surface area contributed by atoms with E-state index in [2.05, 4.69) is 44.0 Å². The van der Waals surface area contributed by atoms with Gasteiger partial charge in [0.1, 0.15) is 12.1 Å². The summed E-state index contributed by atoms with van der Waals surface area (Å²) in [7, 11) is 0. The molecule has 7 heteroatoms. The second-order valence-electron chi connectivity index (χ2n) is 5.13. The first-order valence-electron chi connectivity index (χ1n) is 7.03. The number of nitriles is 2. The standard InChI is InChI=1S/C18H6Br2N2OS2/c19-15-3-1-13(24-15)17-11-5-9(7-21)10(8-22)6-12(11)18(23-17)14-2-4-16(20)25-14/h1-6H. The SMILES string of the molecule is N#Cc1cc2c(-c3ccc(Br)s3)oc(-c3ccc(Br)s3)c2cc1C#N. The quantitative estimate of drug-likeness (QED) is 0.300. The van der Waals surface area contributed by atoms with E-state index >= 15 is 0 Å². The predicted octanol–water partition coefficient (Wildman–Crippen LogP) is 7.16. The van der Waals surface area contributed by atoms with Crippen LogP contribution in [0.3, 0.4) is 0 Å². The summed E-state index contributed by atoms with van der Waals surface area (Å²) in [5, 5.41) is 20.4. The van der Waals surface area contributed by atoms with Crippen molar-refractivity contribution in [1.82, 2.24) is 0 Å². The van der Waals surface area contributed by atoms with Gasteiger partial charge in [-0.15, -0.1) is 22.7 Å². The summed E-state index contributed by atoms with van der Waals surface area (Å²) < 4.78 is 8.23. The largest absolute Gasteiger partial charge is 0.453 e. The van der Waals surface area contributed by atoms with Crippen LogP contribution in [0.25, 0.3) is 32.0 Å². The number of benzene rings is 1. The third kappa shape index (κ3) is 2.84. The molecule has 4 rings (SSSR count). The van der Waals surface area contributed by atoms with E-state index in [1.807, 2.05) is 24.3 Å². The van der Waals surface area contributed by atoms with Crippen molar-refractivity contribution in [3.63, 3.8) is 0 Å². The number of hydrogen-bond donors (Lipinski definition) is 0. The first-order valence-corrected chi connectivity index (χ1v) is 10.2. The average Bonchev–Trinajstić information content (AvgIpc) is 3.31. The summed E-state index contributed by atoms with van der Waals surface area (Å²) in [6, 6.07) is 15.6. The van der Waals surface area contributed by atoms with E-state index in [-0.39, 0.29) is 0 Å². The lowest BCUT2D eigenvalue weighted by molar-refractivity contribution is 0.605. The molecule has 0 N–H and O–H groups in total. The van der Waals surface area contributed by atoms with Gasteiger partial charge >= 0.3 is 0 Å². The number of furan rings is 1. The average molecular weight is 490 g/mol. The molecule has 0 saturated heterocycles. The maximum Gasteiger partial charge on any atom is 0.152 e. The highest BCUT2D eigenvalue weighted by molar-refractivity contribution is 9.11. The Labute approximate surface area is 168 Å². The van der Waals surface area contributed by atoms with Crippen LogP contribution >= 0.6 is 54.5 Å². The van der Waals surface area contributed by atoms with Gasteiger partial charge in [0.25, 0.3) is 0 Å². The zero-order valence-electron chi connectivity index (χ0n) is 12.3. The van der Waals surface area contributed by atoms with Crippen LogP contribution in [0.1, 0.15) is 11.1 Å². The van der Waals surface area contributed by atoms with Crippen LogP contribution in [0.2, 0.25) is 0 Å². The zero-order valence-corrected chi connectivity index (χ0v) is 17.1. The lowest BCUT2D eigenvalue weighted by atomic mass is 10.0. The van der Waals surface area contributed by atoms with Crippen LogP contribution in [-0.2, 0) is 0 Å². The van der Waals surface area contributed by atoms with E-state index in [0.717, 1.165) is 28.1 Å². The fourth-order valence-electron chi connectivity index (χ4n) is 2.61. The van der Waals surface area contributed by atoms with Crippen molar-refractivity contribution >= 4 is 65.3 Å². The molecule has 3 nitrogen and oxygen atoms in total. The molecule has 120 valence electrons. The topological polar surface area (TPSA) is 60.7 Å². The van der Waals surface area contributed by atoms with E-state index in [1.165, 1.54) is 0 Å². The Morgan fingerprint density at radius 3 is 1.52 bits per heavy atom. The summed E-state index contributed by atoms with van der Waals surface area (Å²) in [6.07, 6.45) is 0. The maximum absolute atomic E-state index is 9.36. The van der Waals surface area contributed by atoms with Gasteiger partial charge in [-0.3, -0.25) is 0 Å². The molecule has 0 radical (unpaired) electrons. The van der Waals surface area contributed by atoms with E-state index in [1.54, 1.807) is 34.8 Å². The predicted molar refractivity (Wildman–Crippen MR) is 108 cm³/mol. The summed E-state index contributed by atoms with van der Waals surface area (Å²) in [6.45, 7) is 0. The zero-order chi connectivity index (χ0) is 17.6. The van der Waals surface area contributed by atoms with E-state index in [4.69, 9.17) is 4.42 Å². The summed E-state index contributed by atoms with van der Waals surface area (Å²) >= 11 is 10.1. The second-order valence-corrected chi connectivity index (χ2v) is 10.1. The highest BCUT2D eigenvalue weighted by Gasteiger charge is 2.21. The second kappa shape index (κ2) is 6.44. The van der Waals surface area contributed by atoms with Crippen molar-refractivity contribution in [3.8, 4) is 33.4 Å². The van der Waals surface area contributed by atoms with Gasteiger partial charge in [-0.2, -0.15) is 10.5 Å². The first-order chi connectivity index (χ1) is 12.1. The molecule has 0 aliphatic heterocycles. The molecule has 3 aromatic heterocycles. The van der Waals surface area contributed by atoms with Crippen molar-refractivity contribution < 1.29 is 4.42 Å². The van der Waals surface area contributed by atoms with Crippen molar-refractivity contribution in [2.75, 3.05) is 0 Å². The lowest BCUT2D eigenvalue weighted by Gasteiger charge is -1.97. The van der Waals surface area contributed by atoms with Crippen LogP contribution in [0, 0.1) is 22.7 Å². The van der Waals surface area contributed by atoms with Crippen LogP contribution < -0.4 is 0 Å². The van der Waals surface area contributed by atoms with Gasteiger partial charge in [0.2, 0.25) is 0 Å². The molecule has 0 bridgehead atoms. The van der Waals surface area contributed by atoms with Crippen LogP contribution in [-0.4, -0.2) is 0 Å². The molecule has 0 saturated carbocycles. The van der Waals surface area contributed by atoms with Gasteiger partial charge in [-0.05, 0) is 68.3 Å². The van der Waals surface area contributed by atoms with Gasteiger partial charge in [-0.25, -0.2) is 0 Å². The molecule has 0 spiro atoms. The first kappa shape index (κ1) is 16.6. The monoisotopic (exact) mass is 488 g/mol. The highest BCUT2D eigenvalue weighted by Crippen LogP contribution is 2.45. The molecular weight excluding hydrogens is 484 g/mol. The fourth-order valence-corrected chi connectivity index (χ4v) is 5.37. The number of thiophene rings is 2. The normalized spacial score (nSPS) is 10.7. The molecule has 0 amide bonds. The molecule has 0 atom stereocenters. The fraction of sp³-hybridized carbons (Fsp3) is 0. The van der Waals surface area contributed by atoms with Gasteiger partial charge in [0, 0.05) is 10.8 Å². The molecule has 25 heavy (non-hydrogen) atoms. The maximum atomic E-state index is 9.36. The Kier molecular flexibility index (Phi) is 4.26. The Morgan fingerprint density at radius 2 is 1.20 bits per heavy atom. The Balaban J connectivity index is 2.09. The molecular formula is C18H6Br2N2OS2. The molecule has 0 aliphatic rings. The molecule has 1 aromatic carbocycles. The minimum absolute atomic E-state index is 0.353. The van der Waals surface area contributed by atoms with E-state index in [0.29, 0.717) is 22.6 Å². The highest BCUT2D eigenvalue weighted by atomic mass is 79.9. The summed E-state index contributed by atoms with van der Waals surface area (Å²) in [4.78, 5) is 1.93. The number of rotatable bonds is 2. The van der Waals surface area contributed by atoms with Gasteiger partial charge in [0.05, 0.1) is 28.5 Å². The molecule has 3 heterocycles. The molecule has 4 aromatic rings. The number of hydrogen-bond acceptors (Lipinski definition) is 5. The van der Waals surface area contributed by atoms with Crippen molar-refractivity contribution in [2.24, 2.45) is 0 Å². The minimum atomic E-state index is 0.353. The van der Waals surface area contributed by atoms with Gasteiger partial charge in [-0.1, -0.05) is 0 Å². The van der Waals surface area contributed by atoms with E-state index < -0.39 is 0 Å². The molecule has 0 aliphatic carbocycles. The Morgan fingerprint density at radius 1 is 0.760 bits per heavy atom. The minimum Gasteiger partial charge on any atom is -0.453 e. The lowest BCUT2D eigenvalue weighted by Crippen LogP contribution is -1.84. The third-order valence-electron chi connectivity index (χ3n) is 3.69. The van der Waals surface area contributed by atoms with Crippen molar-refractivity contribution in [3.05, 3.63) is 55.1 Å². The Bertz CT molecular complexity index is 1110. The summed E-state index contributed by atoms with van der Waals surface area (Å²) in [5.41, 5.74) is 0.707. The molecule has 0 unspecified atom stereocenters. The molecule has 0 fully saturated rings. The third-order valence-corrected chi connectivity index (χ3v) is 6.93. The van der Waals surface area contributed by atoms with Crippen molar-refractivity contribution in [2.45, 2.75) is 0 Å². The van der Waals surface area contributed by atoms with Crippen LogP contribution in [0.15, 0.2) is 48.4 Å². The summed E-state index contributed by atoms with van der Waals surface area (Å²) in [5.74, 6) is 1.43. The van der Waals surface area contributed by atoms with Gasteiger partial charge in [0.15, 0.2) is 11.5 Å². The number of halogens is 2. The number of nitrogens with zero attached hydrogens (tertiary/aromatic N) is 2. The van der Waals surface area contributed by atoms with Crippen LogP contribution in [0.4, 0.5) is 0 Å². The van der Waals surface area contributed by atoms with Gasteiger partial charge < -0.3 is 4.42 Å². The Hall–Kier alpha value is -1.90. The van der Waals surface area contributed by atoms with E-state index in [9.17, 15) is 10.5 Å².